The Bertz CT molecular complexity index is 663. The Kier molecular flexibility index (Phi) is 3.51. The van der Waals surface area contributed by atoms with Gasteiger partial charge in [-0.1, -0.05) is 18.2 Å². The van der Waals surface area contributed by atoms with Crippen LogP contribution in [0.3, 0.4) is 0 Å². The lowest BCUT2D eigenvalue weighted by atomic mass is 9.95. The second kappa shape index (κ2) is 4.99. The molecule has 0 aliphatic carbocycles. The standard InChI is InChI=1S/C14H11ClN2O3/c1-9(18)20-14(8-12(15)16-2)10-6-4-5-7-11(10)17(3)13(14)19/h4-8H,1,3H3/b12-8+. The molecule has 0 fully saturated rings. The summed E-state index contributed by atoms with van der Waals surface area (Å²) in [6, 6.07) is 6.90. The van der Waals surface area contributed by atoms with Crippen molar-refractivity contribution in [3.63, 3.8) is 0 Å². The molecule has 1 heterocycles. The molecule has 5 nitrogen and oxygen atoms in total. The van der Waals surface area contributed by atoms with E-state index < -0.39 is 17.5 Å². The van der Waals surface area contributed by atoms with Crippen molar-refractivity contribution < 1.29 is 14.3 Å². The third-order valence-corrected chi connectivity index (χ3v) is 3.22. The van der Waals surface area contributed by atoms with Gasteiger partial charge in [0.25, 0.3) is 11.1 Å². The van der Waals surface area contributed by atoms with Crippen LogP contribution in [0.15, 0.2) is 35.5 Å². The first kappa shape index (κ1) is 14.1. The molecule has 1 atom stereocenters. The second-order valence-corrected chi connectivity index (χ2v) is 4.68. The first-order valence-electron chi connectivity index (χ1n) is 5.75. The van der Waals surface area contributed by atoms with Crippen LogP contribution in [0, 0.1) is 6.57 Å². The summed E-state index contributed by atoms with van der Waals surface area (Å²) in [6.07, 6.45) is 1.17. The highest BCUT2D eigenvalue weighted by Gasteiger charge is 2.51. The van der Waals surface area contributed by atoms with E-state index in [4.69, 9.17) is 22.9 Å². The van der Waals surface area contributed by atoms with Crippen molar-refractivity contribution in [1.82, 2.24) is 0 Å². The number of likely N-dealkylation sites (N-methyl/N-ethyl adjacent to an activating group) is 1. The van der Waals surface area contributed by atoms with Crippen LogP contribution in [0.4, 0.5) is 5.69 Å². The molecule has 6 heteroatoms. The molecule has 0 spiro atoms. The number of halogens is 1. The number of amides is 1. The highest BCUT2D eigenvalue weighted by Crippen LogP contribution is 2.44. The third kappa shape index (κ3) is 2.04. The zero-order valence-electron chi connectivity index (χ0n) is 10.9. The van der Waals surface area contributed by atoms with Crippen LogP contribution in [0.5, 0.6) is 0 Å². The Hall–Kier alpha value is -2.32. The number of rotatable bonds is 2. The summed E-state index contributed by atoms with van der Waals surface area (Å²) in [4.78, 5) is 28.3. The fourth-order valence-electron chi connectivity index (χ4n) is 2.25. The molecule has 20 heavy (non-hydrogen) atoms. The molecule has 0 N–H and O–H groups in total. The molecule has 0 saturated heterocycles. The summed E-state index contributed by atoms with van der Waals surface area (Å²) in [5.41, 5.74) is -0.562. The van der Waals surface area contributed by atoms with Crippen LogP contribution < -0.4 is 4.90 Å². The molecule has 1 aliphatic heterocycles. The Balaban J connectivity index is 2.72. The van der Waals surface area contributed by atoms with Gasteiger partial charge in [0.15, 0.2) is 0 Å². The van der Waals surface area contributed by atoms with Gasteiger partial charge in [-0.05, 0) is 12.1 Å². The maximum absolute atomic E-state index is 12.5. The van der Waals surface area contributed by atoms with E-state index in [-0.39, 0.29) is 5.16 Å². The normalized spacial score (nSPS) is 21.4. The molecule has 1 unspecified atom stereocenters. The van der Waals surface area contributed by atoms with Crippen LogP contribution in [0.1, 0.15) is 12.5 Å². The van der Waals surface area contributed by atoms with Gasteiger partial charge in [0, 0.05) is 19.5 Å². The average Bonchev–Trinajstić information content (AvgIpc) is 2.62. The number of hydrogen-bond donors (Lipinski definition) is 0. The Labute approximate surface area is 121 Å². The minimum atomic E-state index is -1.67. The molecule has 102 valence electrons. The van der Waals surface area contributed by atoms with Crippen LogP contribution in [-0.4, -0.2) is 18.9 Å². The number of hydrogen-bond acceptors (Lipinski definition) is 3. The first-order valence-corrected chi connectivity index (χ1v) is 6.13. The summed E-state index contributed by atoms with van der Waals surface area (Å²) < 4.78 is 5.25. The molecule has 0 bridgehead atoms. The van der Waals surface area contributed by atoms with Crippen molar-refractivity contribution in [1.29, 1.82) is 0 Å². The number of fused-ring (bicyclic) bond motifs is 1. The van der Waals surface area contributed by atoms with Gasteiger partial charge in [-0.2, -0.15) is 0 Å². The summed E-state index contributed by atoms with van der Waals surface area (Å²) in [5.74, 6) is -1.09. The predicted molar refractivity (Wildman–Crippen MR) is 73.8 cm³/mol. The van der Waals surface area contributed by atoms with Gasteiger partial charge in [-0.15, -0.1) is 11.6 Å². The van der Waals surface area contributed by atoms with Crippen molar-refractivity contribution in [2.24, 2.45) is 0 Å². The van der Waals surface area contributed by atoms with E-state index in [1.165, 1.54) is 17.9 Å². The predicted octanol–water partition coefficient (Wildman–Crippen LogP) is 2.42. The molecule has 1 amide bonds. The fraction of sp³-hybridized carbons (Fsp3) is 0.214. The zero-order valence-corrected chi connectivity index (χ0v) is 11.6. The molecule has 1 aliphatic rings. The number of esters is 1. The zero-order chi connectivity index (χ0) is 14.9. The summed E-state index contributed by atoms with van der Waals surface area (Å²) in [5, 5.41) is -0.232. The topological polar surface area (TPSA) is 51.0 Å². The summed E-state index contributed by atoms with van der Waals surface area (Å²) in [7, 11) is 1.58. The van der Waals surface area contributed by atoms with Gasteiger partial charge >= 0.3 is 5.97 Å². The number of para-hydroxylation sites is 1. The Morgan fingerprint density at radius 3 is 2.75 bits per heavy atom. The molecular formula is C14H11ClN2O3. The van der Waals surface area contributed by atoms with E-state index in [1.807, 2.05) is 0 Å². The average molecular weight is 291 g/mol. The molecule has 0 radical (unpaired) electrons. The van der Waals surface area contributed by atoms with E-state index >= 15 is 0 Å². The minimum absolute atomic E-state index is 0.232. The monoisotopic (exact) mass is 290 g/mol. The van der Waals surface area contributed by atoms with E-state index in [0.29, 0.717) is 11.3 Å². The van der Waals surface area contributed by atoms with Crippen LogP contribution in [0.2, 0.25) is 0 Å². The van der Waals surface area contributed by atoms with E-state index in [0.717, 1.165) is 0 Å². The highest BCUT2D eigenvalue weighted by molar-refractivity contribution is 6.31. The summed E-state index contributed by atoms with van der Waals surface area (Å²) in [6.45, 7) is 8.11. The van der Waals surface area contributed by atoms with Crippen molar-refractivity contribution in [3.8, 4) is 0 Å². The maximum atomic E-state index is 12.5. The van der Waals surface area contributed by atoms with Gasteiger partial charge < -0.3 is 9.64 Å². The number of nitrogens with zero attached hydrogens (tertiary/aromatic N) is 2. The Morgan fingerprint density at radius 2 is 2.15 bits per heavy atom. The van der Waals surface area contributed by atoms with Crippen molar-refractivity contribution in [2.75, 3.05) is 11.9 Å². The van der Waals surface area contributed by atoms with Crippen LogP contribution >= 0.6 is 11.6 Å². The van der Waals surface area contributed by atoms with Gasteiger partial charge in [0.2, 0.25) is 5.60 Å². The fourth-order valence-corrected chi connectivity index (χ4v) is 2.40. The first-order chi connectivity index (χ1) is 9.42. The van der Waals surface area contributed by atoms with E-state index in [9.17, 15) is 9.59 Å². The molecule has 1 aromatic carbocycles. The number of carbonyl (C=O) groups is 2. The van der Waals surface area contributed by atoms with Crippen molar-refractivity contribution in [3.05, 3.63) is 52.5 Å². The molecule has 2 rings (SSSR count). The smallest absolute Gasteiger partial charge is 0.304 e. The largest absolute Gasteiger partial charge is 0.441 e. The van der Waals surface area contributed by atoms with Crippen LogP contribution in [-0.2, 0) is 19.9 Å². The second-order valence-electron chi connectivity index (χ2n) is 4.29. The van der Waals surface area contributed by atoms with Gasteiger partial charge in [-0.3, -0.25) is 9.59 Å². The minimum Gasteiger partial charge on any atom is -0.441 e. The lowest BCUT2D eigenvalue weighted by Gasteiger charge is -2.24. The van der Waals surface area contributed by atoms with E-state index in [2.05, 4.69) is 4.85 Å². The third-order valence-electron chi connectivity index (χ3n) is 3.02. The maximum Gasteiger partial charge on any atom is 0.304 e. The van der Waals surface area contributed by atoms with Crippen molar-refractivity contribution >= 4 is 29.2 Å². The quantitative estimate of drug-likeness (QED) is 0.477. The molecule has 1 aromatic rings. The number of benzene rings is 1. The Morgan fingerprint density at radius 1 is 1.50 bits per heavy atom. The number of anilines is 1. The van der Waals surface area contributed by atoms with Gasteiger partial charge in [0.05, 0.1) is 12.3 Å². The molecular weight excluding hydrogens is 280 g/mol. The molecule has 0 aromatic heterocycles. The van der Waals surface area contributed by atoms with Crippen molar-refractivity contribution in [2.45, 2.75) is 12.5 Å². The number of ether oxygens (including phenoxy) is 1. The number of carbonyl (C=O) groups excluding carboxylic acids is 2. The SMILES string of the molecule is [C-]#[N+]/C(Cl)=C/C1(OC(C)=O)C(=O)N(C)c2ccccc21. The summed E-state index contributed by atoms with van der Waals surface area (Å²) >= 11 is 5.74. The van der Waals surface area contributed by atoms with Gasteiger partial charge in [0.1, 0.15) is 0 Å². The lowest BCUT2D eigenvalue weighted by molar-refractivity contribution is -0.160. The highest BCUT2D eigenvalue weighted by atomic mass is 35.5. The van der Waals surface area contributed by atoms with Gasteiger partial charge in [-0.25, -0.2) is 4.85 Å². The van der Waals surface area contributed by atoms with E-state index in [1.54, 1.807) is 31.3 Å². The lowest BCUT2D eigenvalue weighted by Crippen LogP contribution is -2.40. The van der Waals surface area contributed by atoms with Crippen LogP contribution in [0.25, 0.3) is 4.85 Å². The molecule has 0 saturated carbocycles.